The van der Waals surface area contributed by atoms with Crippen LogP contribution in [0.15, 0.2) is 28.0 Å². The van der Waals surface area contributed by atoms with Gasteiger partial charge in [-0.25, -0.2) is 4.68 Å². The molecule has 0 atom stereocenters. The van der Waals surface area contributed by atoms with Crippen LogP contribution in [0.25, 0.3) is 0 Å². The summed E-state index contributed by atoms with van der Waals surface area (Å²) in [6, 6.07) is 3.78. The number of halogens is 2. The van der Waals surface area contributed by atoms with Gasteiger partial charge in [-0.05, 0) is 44.9 Å². The number of esters is 1. The molecule has 0 radical (unpaired) electrons. The van der Waals surface area contributed by atoms with Gasteiger partial charge in [0.15, 0.2) is 0 Å². The first-order chi connectivity index (χ1) is 14.0. The fourth-order valence-corrected chi connectivity index (χ4v) is 4.09. The van der Waals surface area contributed by atoms with Gasteiger partial charge in [0.1, 0.15) is 10.8 Å². The first-order valence-corrected chi connectivity index (χ1v) is 11.2. The lowest BCUT2D eigenvalue weighted by atomic mass is 10.1. The lowest BCUT2D eigenvalue weighted by molar-refractivity contribution is -0.140. The summed E-state index contributed by atoms with van der Waals surface area (Å²) < 4.78 is 12.2. The van der Waals surface area contributed by atoms with E-state index in [-0.39, 0.29) is 16.6 Å². The van der Waals surface area contributed by atoms with E-state index in [0.29, 0.717) is 41.1 Å². The lowest BCUT2D eigenvalue weighted by Gasteiger charge is -2.21. The van der Waals surface area contributed by atoms with Crippen LogP contribution in [0.5, 0.6) is 5.75 Å². The van der Waals surface area contributed by atoms with E-state index >= 15 is 0 Å². The molecule has 0 aliphatic heterocycles. The van der Waals surface area contributed by atoms with Crippen molar-refractivity contribution >= 4 is 40.9 Å². The van der Waals surface area contributed by atoms with Gasteiger partial charge in [-0.2, -0.15) is 5.10 Å². The average molecular weight is 473 g/mol. The molecule has 0 unspecified atom stereocenters. The largest absolute Gasteiger partial charge is 0.491 e. The van der Waals surface area contributed by atoms with Gasteiger partial charge in [0, 0.05) is 19.1 Å². The Morgan fingerprint density at radius 2 is 1.93 bits per heavy atom. The molecule has 0 fully saturated rings. The summed E-state index contributed by atoms with van der Waals surface area (Å²) in [5.41, 5.74) is 1.12. The molecule has 0 aliphatic rings. The topological polar surface area (TPSA) is 70.4 Å². The predicted octanol–water partition coefficient (Wildman–Crippen LogP) is 4.89. The predicted molar refractivity (Wildman–Crippen MR) is 121 cm³/mol. The molecule has 0 saturated carbocycles. The van der Waals surface area contributed by atoms with Crippen molar-refractivity contribution in [3.05, 3.63) is 49.9 Å². The molecule has 0 spiro atoms. The van der Waals surface area contributed by atoms with Gasteiger partial charge in [0.05, 0.1) is 34.9 Å². The SMILES string of the molecule is CC(=O)OCCc1cc(C)c(OCCSc2cnn(C(C)(C)C)c(=O)c2Cl)c(Cl)c1. The van der Waals surface area contributed by atoms with Gasteiger partial charge < -0.3 is 9.47 Å². The van der Waals surface area contributed by atoms with Crippen molar-refractivity contribution in [1.29, 1.82) is 0 Å². The molecule has 1 heterocycles. The van der Waals surface area contributed by atoms with Crippen molar-refractivity contribution in [3.8, 4) is 5.75 Å². The number of aromatic nitrogens is 2. The average Bonchev–Trinajstić information content (AvgIpc) is 2.62. The second-order valence-corrected chi connectivity index (χ2v) is 9.64. The van der Waals surface area contributed by atoms with Crippen LogP contribution < -0.4 is 10.3 Å². The Morgan fingerprint density at radius 1 is 1.23 bits per heavy atom. The van der Waals surface area contributed by atoms with Crippen LogP contribution >= 0.6 is 35.0 Å². The van der Waals surface area contributed by atoms with Gasteiger partial charge in [0.25, 0.3) is 5.56 Å². The molecule has 0 saturated heterocycles. The quantitative estimate of drug-likeness (QED) is 0.309. The zero-order valence-corrected chi connectivity index (χ0v) is 20.1. The second-order valence-electron chi connectivity index (χ2n) is 7.72. The van der Waals surface area contributed by atoms with Crippen LogP contribution in [0, 0.1) is 6.92 Å². The molecule has 6 nitrogen and oxygen atoms in total. The van der Waals surface area contributed by atoms with Gasteiger partial charge in [0.2, 0.25) is 0 Å². The third-order valence-corrected chi connectivity index (χ3v) is 5.84. The summed E-state index contributed by atoms with van der Waals surface area (Å²) >= 11 is 14.0. The Balaban J connectivity index is 1.95. The van der Waals surface area contributed by atoms with Crippen LogP contribution in [-0.2, 0) is 21.5 Å². The van der Waals surface area contributed by atoms with Crippen molar-refractivity contribution < 1.29 is 14.3 Å². The summed E-state index contributed by atoms with van der Waals surface area (Å²) in [5.74, 6) is 0.881. The Labute approximate surface area is 190 Å². The van der Waals surface area contributed by atoms with E-state index in [4.69, 9.17) is 32.7 Å². The molecule has 2 rings (SSSR count). The Kier molecular flexibility index (Phi) is 8.64. The van der Waals surface area contributed by atoms with Crippen LogP contribution in [0.2, 0.25) is 10.0 Å². The number of carbonyl (C=O) groups excluding carboxylic acids is 1. The number of hydrogen-bond acceptors (Lipinski definition) is 6. The maximum Gasteiger partial charge on any atom is 0.302 e. The number of nitrogens with zero attached hydrogens (tertiary/aromatic N) is 2. The van der Waals surface area contributed by atoms with Crippen LogP contribution in [-0.4, -0.2) is 34.7 Å². The molecular weight excluding hydrogens is 447 g/mol. The standard InChI is InChI=1S/C21H26Cl2N2O4S/c1-13-10-15(6-7-28-14(2)26)11-16(22)19(13)29-8-9-30-17-12-24-25(21(3,4)5)20(27)18(17)23/h10-12H,6-9H2,1-5H3. The number of hydrogen-bond donors (Lipinski definition) is 0. The van der Waals surface area contributed by atoms with Crippen molar-refractivity contribution in [2.75, 3.05) is 19.0 Å². The monoisotopic (exact) mass is 472 g/mol. The Bertz CT molecular complexity index is 947. The second kappa shape index (κ2) is 10.6. The normalized spacial score (nSPS) is 11.4. The number of thioether (sulfide) groups is 1. The van der Waals surface area contributed by atoms with Gasteiger partial charge in [-0.3, -0.25) is 9.59 Å². The molecule has 164 valence electrons. The Morgan fingerprint density at radius 3 is 2.53 bits per heavy atom. The third kappa shape index (κ3) is 6.65. The first-order valence-electron chi connectivity index (χ1n) is 9.47. The number of ether oxygens (including phenoxy) is 2. The zero-order chi connectivity index (χ0) is 22.5. The summed E-state index contributed by atoms with van der Waals surface area (Å²) in [6.45, 7) is 9.67. The lowest BCUT2D eigenvalue weighted by Crippen LogP contribution is -2.36. The zero-order valence-electron chi connectivity index (χ0n) is 17.8. The van der Waals surface area contributed by atoms with E-state index in [1.54, 1.807) is 6.20 Å². The third-order valence-electron chi connectivity index (χ3n) is 4.09. The number of carbonyl (C=O) groups is 1. The number of rotatable bonds is 8. The Hall–Kier alpha value is -1.70. The molecule has 0 N–H and O–H groups in total. The molecule has 2 aromatic rings. The van der Waals surface area contributed by atoms with E-state index in [1.807, 2.05) is 39.8 Å². The molecule has 9 heteroatoms. The van der Waals surface area contributed by atoms with Crippen molar-refractivity contribution in [2.45, 2.75) is 51.5 Å². The van der Waals surface area contributed by atoms with Gasteiger partial charge >= 0.3 is 5.97 Å². The highest BCUT2D eigenvalue weighted by Crippen LogP contribution is 2.31. The minimum absolute atomic E-state index is 0.163. The van der Waals surface area contributed by atoms with Gasteiger partial charge in [-0.15, -0.1) is 11.8 Å². The minimum atomic E-state index is -0.439. The summed E-state index contributed by atoms with van der Waals surface area (Å²) in [4.78, 5) is 23.9. The smallest absolute Gasteiger partial charge is 0.302 e. The van der Waals surface area contributed by atoms with E-state index in [0.717, 1.165) is 11.1 Å². The maximum atomic E-state index is 12.4. The van der Waals surface area contributed by atoms with Crippen LogP contribution in [0.1, 0.15) is 38.8 Å². The molecule has 0 bridgehead atoms. The van der Waals surface area contributed by atoms with Crippen LogP contribution in [0.3, 0.4) is 0 Å². The van der Waals surface area contributed by atoms with E-state index < -0.39 is 5.54 Å². The van der Waals surface area contributed by atoms with E-state index in [1.165, 1.54) is 23.4 Å². The fourth-order valence-electron chi connectivity index (χ4n) is 2.73. The molecule has 1 aromatic carbocycles. The van der Waals surface area contributed by atoms with Gasteiger partial charge in [-0.1, -0.05) is 29.3 Å². The highest BCUT2D eigenvalue weighted by atomic mass is 35.5. The first kappa shape index (κ1) is 24.6. The summed E-state index contributed by atoms with van der Waals surface area (Å²) in [5, 5.41) is 4.89. The minimum Gasteiger partial charge on any atom is -0.491 e. The molecule has 30 heavy (non-hydrogen) atoms. The van der Waals surface area contributed by atoms with Crippen molar-refractivity contribution in [1.82, 2.24) is 9.78 Å². The number of aryl methyl sites for hydroxylation is 1. The van der Waals surface area contributed by atoms with Crippen LogP contribution in [0.4, 0.5) is 0 Å². The fraction of sp³-hybridized carbons (Fsp3) is 0.476. The summed E-state index contributed by atoms with van der Waals surface area (Å²) in [7, 11) is 0. The highest BCUT2D eigenvalue weighted by Gasteiger charge is 2.19. The molecule has 0 aliphatic carbocycles. The molecule has 0 amide bonds. The van der Waals surface area contributed by atoms with E-state index in [2.05, 4.69) is 5.10 Å². The molecule has 1 aromatic heterocycles. The number of benzene rings is 1. The van der Waals surface area contributed by atoms with Crippen molar-refractivity contribution in [2.24, 2.45) is 0 Å². The van der Waals surface area contributed by atoms with E-state index in [9.17, 15) is 9.59 Å². The van der Waals surface area contributed by atoms with Crippen molar-refractivity contribution in [3.63, 3.8) is 0 Å². The summed E-state index contributed by atoms with van der Waals surface area (Å²) in [6.07, 6.45) is 2.19. The maximum absolute atomic E-state index is 12.4. The molecular formula is C21H26Cl2N2O4S. The highest BCUT2D eigenvalue weighted by molar-refractivity contribution is 7.99.